The molecule has 0 aliphatic carbocycles. The van der Waals surface area contributed by atoms with Crippen LogP contribution in [0, 0.1) is 13.8 Å². The summed E-state index contributed by atoms with van der Waals surface area (Å²) in [5.41, 5.74) is 2.25. The number of carbonyl (C=O) groups is 1. The number of benzene rings is 1. The molecule has 0 saturated heterocycles. The Bertz CT molecular complexity index is 950. The summed E-state index contributed by atoms with van der Waals surface area (Å²) in [4.78, 5) is 28.6. The van der Waals surface area contributed by atoms with Crippen molar-refractivity contribution in [1.29, 1.82) is 0 Å². The second kappa shape index (κ2) is 8.39. The highest BCUT2D eigenvalue weighted by atomic mass is 16.2. The number of hydrogen-bond donors (Lipinski definition) is 1. The molecule has 140 valence electrons. The monoisotopic (exact) mass is 366 g/mol. The second-order valence-electron chi connectivity index (χ2n) is 6.39. The van der Waals surface area contributed by atoms with Gasteiger partial charge in [0.2, 0.25) is 5.91 Å². The van der Waals surface area contributed by atoms with Gasteiger partial charge in [-0.25, -0.2) is 9.67 Å². The predicted octanol–water partition coefficient (Wildman–Crippen LogP) is 1.40. The van der Waals surface area contributed by atoms with Crippen molar-refractivity contribution in [2.45, 2.75) is 39.4 Å². The van der Waals surface area contributed by atoms with E-state index in [-0.39, 0.29) is 24.1 Å². The highest BCUT2D eigenvalue weighted by Gasteiger charge is 2.16. The van der Waals surface area contributed by atoms with Gasteiger partial charge in [-0.1, -0.05) is 30.3 Å². The highest BCUT2D eigenvalue weighted by molar-refractivity contribution is 5.76. The molecule has 8 nitrogen and oxygen atoms in total. The Labute approximate surface area is 156 Å². The summed E-state index contributed by atoms with van der Waals surface area (Å²) in [6, 6.07) is 11.0. The predicted molar refractivity (Wildman–Crippen MR) is 99.9 cm³/mol. The Balaban J connectivity index is 1.72. The van der Waals surface area contributed by atoms with E-state index >= 15 is 0 Å². The third kappa shape index (κ3) is 4.87. The average Bonchev–Trinajstić information content (AvgIpc) is 3.17. The standard InChI is InChI=1S/C19H22N6O2/c1-14-10-19(27)25(23-15(14)2)11-18(26)22-17(16-6-4-3-5-7-16)8-9-24-13-20-12-21-24/h3-7,10,12-13,17H,8-9,11H2,1-2H3,(H,22,26)/t17-/m0/s1. The largest absolute Gasteiger partial charge is 0.348 e. The lowest BCUT2D eigenvalue weighted by molar-refractivity contribution is -0.122. The molecule has 3 aromatic rings. The molecule has 0 bridgehead atoms. The average molecular weight is 366 g/mol. The zero-order valence-corrected chi connectivity index (χ0v) is 15.4. The Hall–Kier alpha value is -3.29. The Morgan fingerprint density at radius 2 is 2.00 bits per heavy atom. The maximum Gasteiger partial charge on any atom is 0.267 e. The Morgan fingerprint density at radius 3 is 2.70 bits per heavy atom. The van der Waals surface area contributed by atoms with Crippen molar-refractivity contribution >= 4 is 5.91 Å². The second-order valence-corrected chi connectivity index (χ2v) is 6.39. The first-order chi connectivity index (χ1) is 13.0. The molecule has 1 N–H and O–H groups in total. The number of nitrogens with one attached hydrogen (secondary N) is 1. The van der Waals surface area contributed by atoms with Crippen LogP contribution in [0.2, 0.25) is 0 Å². The molecule has 2 aromatic heterocycles. The van der Waals surface area contributed by atoms with Crippen molar-refractivity contribution < 1.29 is 4.79 Å². The zero-order chi connectivity index (χ0) is 19.2. The summed E-state index contributed by atoms with van der Waals surface area (Å²) in [7, 11) is 0. The highest BCUT2D eigenvalue weighted by Crippen LogP contribution is 2.17. The number of aryl methyl sites for hydroxylation is 3. The normalized spacial score (nSPS) is 11.9. The van der Waals surface area contributed by atoms with Crippen LogP contribution in [0.4, 0.5) is 0 Å². The first-order valence-electron chi connectivity index (χ1n) is 8.75. The van der Waals surface area contributed by atoms with E-state index in [9.17, 15) is 9.59 Å². The molecule has 0 radical (unpaired) electrons. The first-order valence-corrected chi connectivity index (χ1v) is 8.75. The van der Waals surface area contributed by atoms with Crippen molar-refractivity contribution in [3.63, 3.8) is 0 Å². The van der Waals surface area contributed by atoms with E-state index in [2.05, 4.69) is 20.5 Å². The third-order valence-electron chi connectivity index (χ3n) is 4.38. The molecule has 8 heteroatoms. The fraction of sp³-hybridized carbons (Fsp3) is 0.316. The van der Waals surface area contributed by atoms with Gasteiger partial charge in [-0.2, -0.15) is 10.2 Å². The van der Waals surface area contributed by atoms with Gasteiger partial charge in [0.25, 0.3) is 5.56 Å². The van der Waals surface area contributed by atoms with E-state index in [1.54, 1.807) is 11.0 Å². The quantitative estimate of drug-likeness (QED) is 0.682. The summed E-state index contributed by atoms with van der Waals surface area (Å²) < 4.78 is 2.91. The molecular formula is C19H22N6O2. The van der Waals surface area contributed by atoms with Crippen molar-refractivity contribution in [3.8, 4) is 0 Å². The number of carbonyl (C=O) groups excluding carboxylic acids is 1. The lowest BCUT2D eigenvalue weighted by Crippen LogP contribution is -2.36. The van der Waals surface area contributed by atoms with Crippen LogP contribution in [0.1, 0.15) is 29.3 Å². The van der Waals surface area contributed by atoms with Gasteiger partial charge in [0.15, 0.2) is 0 Å². The minimum absolute atomic E-state index is 0.118. The van der Waals surface area contributed by atoms with Gasteiger partial charge in [0.05, 0.1) is 11.7 Å². The lowest BCUT2D eigenvalue weighted by Gasteiger charge is -2.19. The molecule has 0 fully saturated rings. The molecule has 1 atom stereocenters. The zero-order valence-electron chi connectivity index (χ0n) is 15.4. The minimum Gasteiger partial charge on any atom is -0.348 e. The fourth-order valence-electron chi connectivity index (χ4n) is 2.78. The number of aromatic nitrogens is 5. The summed E-state index contributed by atoms with van der Waals surface area (Å²) in [5, 5.41) is 11.3. The summed E-state index contributed by atoms with van der Waals surface area (Å²) in [5.74, 6) is -0.264. The SMILES string of the molecule is Cc1cc(=O)n(CC(=O)N[C@@H](CCn2cncn2)c2ccccc2)nc1C. The van der Waals surface area contributed by atoms with E-state index in [0.717, 1.165) is 16.8 Å². The van der Waals surface area contributed by atoms with Crippen molar-refractivity contribution in [3.05, 3.63) is 76.2 Å². The van der Waals surface area contributed by atoms with Crippen molar-refractivity contribution in [1.82, 2.24) is 29.9 Å². The number of nitrogens with zero attached hydrogens (tertiary/aromatic N) is 5. The first kappa shape index (κ1) is 18.5. The molecule has 1 aromatic carbocycles. The number of hydrogen-bond acceptors (Lipinski definition) is 5. The van der Waals surface area contributed by atoms with Gasteiger partial charge in [-0.15, -0.1) is 0 Å². The van der Waals surface area contributed by atoms with E-state index < -0.39 is 0 Å². The molecule has 0 spiro atoms. The molecule has 27 heavy (non-hydrogen) atoms. The molecular weight excluding hydrogens is 344 g/mol. The van der Waals surface area contributed by atoms with Gasteiger partial charge in [0.1, 0.15) is 19.2 Å². The molecule has 2 heterocycles. The smallest absolute Gasteiger partial charge is 0.267 e. The Morgan fingerprint density at radius 1 is 1.22 bits per heavy atom. The van der Waals surface area contributed by atoms with Crippen LogP contribution >= 0.6 is 0 Å². The molecule has 0 aliphatic heterocycles. The van der Waals surface area contributed by atoms with Crippen LogP contribution in [0.3, 0.4) is 0 Å². The Kier molecular flexibility index (Phi) is 5.75. The maximum absolute atomic E-state index is 12.6. The molecule has 0 unspecified atom stereocenters. The molecule has 1 amide bonds. The number of rotatable bonds is 7. The van der Waals surface area contributed by atoms with Gasteiger partial charge in [-0.05, 0) is 31.4 Å². The van der Waals surface area contributed by atoms with E-state index in [4.69, 9.17) is 0 Å². The van der Waals surface area contributed by atoms with Crippen LogP contribution in [-0.4, -0.2) is 30.5 Å². The minimum atomic E-state index is -0.285. The topological polar surface area (TPSA) is 94.7 Å². The van der Waals surface area contributed by atoms with Crippen LogP contribution < -0.4 is 10.9 Å². The van der Waals surface area contributed by atoms with Crippen LogP contribution in [0.5, 0.6) is 0 Å². The van der Waals surface area contributed by atoms with Gasteiger partial charge in [-0.3, -0.25) is 14.3 Å². The van der Waals surface area contributed by atoms with E-state index in [0.29, 0.717) is 13.0 Å². The van der Waals surface area contributed by atoms with Crippen molar-refractivity contribution in [2.24, 2.45) is 0 Å². The van der Waals surface area contributed by atoms with E-state index in [1.807, 2.05) is 44.2 Å². The summed E-state index contributed by atoms with van der Waals surface area (Å²) in [6.07, 6.45) is 3.77. The van der Waals surface area contributed by atoms with Crippen LogP contribution in [0.15, 0.2) is 53.8 Å². The summed E-state index contributed by atoms with van der Waals surface area (Å²) >= 11 is 0. The third-order valence-corrected chi connectivity index (χ3v) is 4.38. The maximum atomic E-state index is 12.6. The number of amides is 1. The van der Waals surface area contributed by atoms with Crippen LogP contribution in [-0.2, 0) is 17.9 Å². The van der Waals surface area contributed by atoms with Gasteiger partial charge < -0.3 is 5.32 Å². The molecule has 3 rings (SSSR count). The van der Waals surface area contributed by atoms with Crippen molar-refractivity contribution in [2.75, 3.05) is 0 Å². The molecule has 0 aliphatic rings. The molecule has 0 saturated carbocycles. The van der Waals surface area contributed by atoms with E-state index in [1.165, 1.54) is 17.1 Å². The van der Waals surface area contributed by atoms with Gasteiger partial charge in [0, 0.05) is 12.6 Å². The van der Waals surface area contributed by atoms with Gasteiger partial charge >= 0.3 is 0 Å². The van der Waals surface area contributed by atoms with Crippen LogP contribution in [0.25, 0.3) is 0 Å². The summed E-state index contributed by atoms with van der Waals surface area (Å²) in [6.45, 7) is 4.13. The lowest BCUT2D eigenvalue weighted by atomic mass is 10.0. The fourth-order valence-corrected chi connectivity index (χ4v) is 2.78.